The van der Waals surface area contributed by atoms with Crippen molar-refractivity contribution in [2.75, 3.05) is 20.2 Å². The van der Waals surface area contributed by atoms with Crippen molar-refractivity contribution in [3.63, 3.8) is 0 Å². The van der Waals surface area contributed by atoms with Gasteiger partial charge in [-0.05, 0) is 19.8 Å². The molecule has 1 saturated carbocycles. The van der Waals surface area contributed by atoms with Crippen molar-refractivity contribution in [3.05, 3.63) is 28.4 Å². The summed E-state index contributed by atoms with van der Waals surface area (Å²) in [5.41, 5.74) is -1.05. The van der Waals surface area contributed by atoms with E-state index in [0.717, 1.165) is 0 Å². The van der Waals surface area contributed by atoms with Gasteiger partial charge in [-0.2, -0.15) is 0 Å². The van der Waals surface area contributed by atoms with Gasteiger partial charge in [0, 0.05) is 37.8 Å². The van der Waals surface area contributed by atoms with Gasteiger partial charge in [0.2, 0.25) is 18.2 Å². The molecule has 11 heteroatoms. The van der Waals surface area contributed by atoms with Crippen molar-refractivity contribution in [3.8, 4) is 0 Å². The Kier molecular flexibility index (Phi) is 6.18. The van der Waals surface area contributed by atoms with Crippen LogP contribution in [0.15, 0.2) is 17.2 Å². The van der Waals surface area contributed by atoms with Crippen molar-refractivity contribution in [1.29, 1.82) is 0 Å². The van der Waals surface area contributed by atoms with Crippen molar-refractivity contribution in [2.24, 2.45) is 11.3 Å². The molecule has 1 saturated heterocycles. The lowest BCUT2D eigenvalue weighted by Crippen LogP contribution is -2.48. The average Bonchev–Trinajstić information content (AvgIpc) is 3.41. The van der Waals surface area contributed by atoms with Crippen LogP contribution in [0.25, 0.3) is 0 Å². The smallest absolute Gasteiger partial charge is 0.321 e. The number of likely N-dealkylation sites (tertiary alicyclic amines) is 1. The highest BCUT2D eigenvalue weighted by Gasteiger charge is 2.58. The molecule has 164 valence electrons. The minimum Gasteiger partial charge on any atom is -0.468 e. The second-order valence-electron chi connectivity index (χ2n) is 7.76. The molecule has 1 aliphatic heterocycles. The van der Waals surface area contributed by atoms with Crippen LogP contribution in [0.4, 0.5) is 8.78 Å². The largest absolute Gasteiger partial charge is 0.468 e. The van der Waals surface area contributed by atoms with E-state index in [1.54, 1.807) is 6.92 Å². The van der Waals surface area contributed by atoms with Crippen LogP contribution in [0, 0.1) is 18.3 Å². The molecular formula is C19H24F2N4O5. The van der Waals surface area contributed by atoms with Gasteiger partial charge in [-0.25, -0.2) is 13.8 Å². The molecule has 2 atom stereocenters. The minimum absolute atomic E-state index is 0.0621. The topological polar surface area (TPSA) is 111 Å². The number of alkyl halides is 2. The van der Waals surface area contributed by atoms with E-state index < -0.39 is 41.6 Å². The third-order valence-corrected chi connectivity index (χ3v) is 5.70. The molecule has 2 amide bonds. The van der Waals surface area contributed by atoms with Gasteiger partial charge in [0.05, 0.1) is 25.4 Å². The number of carbonyl (C=O) groups is 3. The summed E-state index contributed by atoms with van der Waals surface area (Å²) in [4.78, 5) is 54.0. The normalized spacial score (nSPS) is 22.1. The molecule has 3 rings (SSSR count). The summed E-state index contributed by atoms with van der Waals surface area (Å²) in [6.45, 7) is 1.45. The predicted molar refractivity (Wildman–Crippen MR) is 99.5 cm³/mol. The number of halogens is 2. The highest BCUT2D eigenvalue weighted by Crippen LogP contribution is 2.47. The maximum atomic E-state index is 13.5. The molecule has 0 radical (unpaired) electrons. The van der Waals surface area contributed by atoms with E-state index in [4.69, 9.17) is 0 Å². The Morgan fingerprint density at radius 2 is 2.03 bits per heavy atom. The number of nitrogens with zero attached hydrogens (tertiary/aromatic N) is 3. The zero-order valence-corrected chi connectivity index (χ0v) is 16.8. The molecule has 9 nitrogen and oxygen atoms in total. The number of ether oxygens (including phenoxy) is 1. The van der Waals surface area contributed by atoms with Crippen LogP contribution < -0.4 is 10.9 Å². The van der Waals surface area contributed by atoms with Crippen LogP contribution >= 0.6 is 0 Å². The minimum atomic E-state index is -2.75. The third-order valence-electron chi connectivity index (χ3n) is 5.70. The standard InChI is InChI=1S/C19H24F2N4O5/c1-11-7-15(27)24(10-22-11)6-3-14(26)25-8-12(16(20)21)13(9-25)23-17(28)19(4-5-19)18(29)30-2/h7,10,12-13,16H,3-6,8-9H2,1-2H3,(H,23,28)/t12-,13-/m1/s1. The van der Waals surface area contributed by atoms with Gasteiger partial charge in [-0.3, -0.25) is 23.7 Å². The molecule has 2 aliphatic rings. The van der Waals surface area contributed by atoms with Crippen molar-refractivity contribution >= 4 is 17.8 Å². The van der Waals surface area contributed by atoms with E-state index in [0.29, 0.717) is 18.5 Å². The van der Waals surface area contributed by atoms with Crippen LogP contribution in [0.5, 0.6) is 0 Å². The summed E-state index contributed by atoms with van der Waals surface area (Å²) >= 11 is 0. The summed E-state index contributed by atoms with van der Waals surface area (Å²) in [7, 11) is 1.17. The van der Waals surface area contributed by atoms with Gasteiger partial charge in [0.25, 0.3) is 5.56 Å². The zero-order valence-electron chi connectivity index (χ0n) is 16.8. The summed E-state index contributed by atoms with van der Waals surface area (Å²) in [5, 5.41) is 2.52. The summed E-state index contributed by atoms with van der Waals surface area (Å²) in [5.74, 6) is -2.97. The Bertz CT molecular complexity index is 899. The van der Waals surface area contributed by atoms with Crippen molar-refractivity contribution in [2.45, 2.75) is 45.2 Å². The number of hydrogen-bond donors (Lipinski definition) is 1. The number of aromatic nitrogens is 2. The fourth-order valence-corrected chi connectivity index (χ4v) is 3.65. The van der Waals surface area contributed by atoms with Crippen LogP contribution in [-0.2, 0) is 25.7 Å². The van der Waals surface area contributed by atoms with Crippen molar-refractivity contribution < 1.29 is 27.9 Å². The highest BCUT2D eigenvalue weighted by atomic mass is 19.3. The molecule has 1 aromatic heterocycles. The molecule has 0 aromatic carbocycles. The number of rotatable bonds is 7. The number of carbonyl (C=O) groups excluding carboxylic acids is 3. The fraction of sp³-hybridized carbons (Fsp3) is 0.632. The Morgan fingerprint density at radius 3 is 2.60 bits per heavy atom. The lowest BCUT2D eigenvalue weighted by atomic mass is 10.0. The van der Waals surface area contributed by atoms with Crippen molar-refractivity contribution in [1.82, 2.24) is 19.8 Å². The maximum Gasteiger partial charge on any atom is 0.321 e. The summed E-state index contributed by atoms with van der Waals surface area (Å²) < 4.78 is 33.0. The first-order chi connectivity index (χ1) is 14.2. The first-order valence-corrected chi connectivity index (χ1v) is 9.66. The molecular weight excluding hydrogens is 402 g/mol. The third kappa shape index (κ3) is 4.34. The van der Waals surface area contributed by atoms with Crippen LogP contribution in [-0.4, -0.2) is 64.9 Å². The lowest BCUT2D eigenvalue weighted by Gasteiger charge is -2.21. The quantitative estimate of drug-likeness (QED) is 0.489. The lowest BCUT2D eigenvalue weighted by molar-refractivity contribution is -0.152. The number of methoxy groups -OCH3 is 1. The maximum absolute atomic E-state index is 13.5. The number of amides is 2. The molecule has 1 aliphatic carbocycles. The van der Waals surface area contributed by atoms with Gasteiger partial charge < -0.3 is 15.0 Å². The first kappa shape index (κ1) is 21.8. The van der Waals surface area contributed by atoms with E-state index in [-0.39, 0.29) is 31.6 Å². The number of hydrogen-bond acceptors (Lipinski definition) is 6. The van der Waals surface area contributed by atoms with Crippen LogP contribution in [0.3, 0.4) is 0 Å². The molecule has 2 fully saturated rings. The Morgan fingerprint density at radius 1 is 1.33 bits per heavy atom. The van der Waals surface area contributed by atoms with Crippen LogP contribution in [0.1, 0.15) is 25.0 Å². The van der Waals surface area contributed by atoms with E-state index in [1.165, 1.54) is 29.0 Å². The Balaban J connectivity index is 1.62. The van der Waals surface area contributed by atoms with Gasteiger partial charge >= 0.3 is 5.97 Å². The summed E-state index contributed by atoms with van der Waals surface area (Å²) in [6, 6.07) is 0.376. The first-order valence-electron chi connectivity index (χ1n) is 9.66. The molecule has 0 bridgehead atoms. The fourth-order valence-electron chi connectivity index (χ4n) is 3.65. The van der Waals surface area contributed by atoms with Crippen LogP contribution in [0.2, 0.25) is 0 Å². The molecule has 2 heterocycles. The van der Waals surface area contributed by atoms with E-state index in [1.807, 2.05) is 0 Å². The van der Waals surface area contributed by atoms with Gasteiger partial charge in [-0.15, -0.1) is 0 Å². The Labute approximate surface area is 171 Å². The molecule has 0 unspecified atom stereocenters. The molecule has 0 spiro atoms. The number of aryl methyl sites for hydroxylation is 2. The molecule has 1 N–H and O–H groups in total. The molecule has 1 aromatic rings. The van der Waals surface area contributed by atoms with Gasteiger partial charge in [0.15, 0.2) is 0 Å². The highest BCUT2D eigenvalue weighted by molar-refractivity contribution is 6.05. The Hall–Kier alpha value is -2.85. The number of esters is 1. The second kappa shape index (κ2) is 8.49. The van der Waals surface area contributed by atoms with E-state index in [2.05, 4.69) is 15.0 Å². The molecule has 30 heavy (non-hydrogen) atoms. The number of nitrogens with one attached hydrogen (secondary N) is 1. The summed E-state index contributed by atoms with van der Waals surface area (Å²) in [6.07, 6.45) is -0.862. The van der Waals surface area contributed by atoms with E-state index in [9.17, 15) is 28.0 Å². The predicted octanol–water partition coefficient (Wildman–Crippen LogP) is 0.103. The second-order valence-corrected chi connectivity index (χ2v) is 7.76. The van der Waals surface area contributed by atoms with E-state index >= 15 is 0 Å². The van der Waals surface area contributed by atoms with Gasteiger partial charge in [0.1, 0.15) is 5.41 Å². The average molecular weight is 426 g/mol. The van der Waals surface area contributed by atoms with Gasteiger partial charge in [-0.1, -0.05) is 0 Å². The monoisotopic (exact) mass is 426 g/mol. The SMILES string of the molecule is COC(=O)C1(C(=O)N[C@@H]2CN(C(=O)CCn3cnc(C)cc3=O)C[C@H]2C(F)F)CC1. The zero-order chi connectivity index (χ0) is 22.1.